The van der Waals surface area contributed by atoms with E-state index in [0.29, 0.717) is 11.8 Å². The molecule has 0 bridgehead atoms. The second-order valence-corrected chi connectivity index (χ2v) is 6.33. The highest BCUT2D eigenvalue weighted by Crippen LogP contribution is 2.32. The van der Waals surface area contributed by atoms with E-state index in [1.807, 2.05) is 0 Å². The number of benzene rings is 2. The standard InChI is InChI=1S/C18H22O/c1-12(2)7-17-10-15-8-13-5-3-4-6-14(13)9-16(15)11-18(17)19/h3-6,8-9,12,17-19H,7,10-11H2,1-2H3/t17-,18-/m1/s1. The van der Waals surface area contributed by atoms with Crippen LogP contribution in [0.15, 0.2) is 36.4 Å². The van der Waals surface area contributed by atoms with E-state index in [1.165, 1.54) is 21.9 Å². The molecule has 1 heteroatoms. The molecular weight excluding hydrogens is 232 g/mol. The highest BCUT2D eigenvalue weighted by atomic mass is 16.3. The summed E-state index contributed by atoms with van der Waals surface area (Å²) in [6.07, 6.45) is 2.79. The van der Waals surface area contributed by atoms with Crippen molar-refractivity contribution in [2.24, 2.45) is 11.8 Å². The van der Waals surface area contributed by atoms with Gasteiger partial charge in [0.05, 0.1) is 6.10 Å². The SMILES string of the molecule is CC(C)C[C@@H]1Cc2cc3ccccc3cc2C[C@H]1O. The molecule has 0 saturated carbocycles. The van der Waals surface area contributed by atoms with Gasteiger partial charge in [-0.2, -0.15) is 0 Å². The normalized spacial score (nSPS) is 22.7. The van der Waals surface area contributed by atoms with Crippen LogP contribution in [-0.4, -0.2) is 11.2 Å². The molecule has 2 atom stereocenters. The summed E-state index contributed by atoms with van der Waals surface area (Å²) in [5, 5.41) is 12.9. The van der Waals surface area contributed by atoms with Gasteiger partial charge in [0, 0.05) is 0 Å². The predicted octanol–water partition coefficient (Wildman–Crippen LogP) is 3.96. The fraction of sp³-hybridized carbons (Fsp3) is 0.444. The molecule has 0 aromatic heterocycles. The van der Waals surface area contributed by atoms with Crippen LogP contribution in [0.3, 0.4) is 0 Å². The Labute approximate surface area is 115 Å². The van der Waals surface area contributed by atoms with E-state index in [2.05, 4.69) is 50.2 Å². The monoisotopic (exact) mass is 254 g/mol. The van der Waals surface area contributed by atoms with Gasteiger partial charge in [-0.05, 0) is 53.0 Å². The fourth-order valence-corrected chi connectivity index (χ4v) is 3.37. The lowest BCUT2D eigenvalue weighted by molar-refractivity contribution is 0.0873. The van der Waals surface area contributed by atoms with Crippen molar-refractivity contribution in [2.45, 2.75) is 39.2 Å². The minimum atomic E-state index is -0.170. The first-order valence-electron chi connectivity index (χ1n) is 7.32. The molecule has 2 aromatic carbocycles. The van der Waals surface area contributed by atoms with E-state index in [1.54, 1.807) is 0 Å². The molecular formula is C18H22O. The van der Waals surface area contributed by atoms with Crippen LogP contribution in [0.4, 0.5) is 0 Å². The average Bonchev–Trinajstić information content (AvgIpc) is 2.37. The highest BCUT2D eigenvalue weighted by molar-refractivity contribution is 5.84. The predicted molar refractivity (Wildman–Crippen MR) is 80.3 cm³/mol. The second kappa shape index (κ2) is 4.97. The minimum Gasteiger partial charge on any atom is -0.392 e. The van der Waals surface area contributed by atoms with Crippen LogP contribution in [0.5, 0.6) is 0 Å². The number of aliphatic hydroxyl groups is 1. The molecule has 0 saturated heterocycles. The summed E-state index contributed by atoms with van der Waals surface area (Å²) in [5.74, 6) is 1.08. The van der Waals surface area contributed by atoms with Crippen molar-refractivity contribution < 1.29 is 5.11 Å². The van der Waals surface area contributed by atoms with Gasteiger partial charge < -0.3 is 5.11 Å². The van der Waals surface area contributed by atoms with E-state index in [0.717, 1.165) is 19.3 Å². The van der Waals surface area contributed by atoms with Crippen LogP contribution >= 0.6 is 0 Å². The molecule has 1 nitrogen and oxygen atoms in total. The van der Waals surface area contributed by atoms with Crippen LogP contribution in [0, 0.1) is 11.8 Å². The van der Waals surface area contributed by atoms with E-state index in [9.17, 15) is 5.11 Å². The molecule has 1 N–H and O–H groups in total. The number of hydrogen-bond donors (Lipinski definition) is 1. The third-order valence-corrected chi connectivity index (χ3v) is 4.30. The zero-order valence-electron chi connectivity index (χ0n) is 11.8. The Hall–Kier alpha value is -1.34. The van der Waals surface area contributed by atoms with Crippen molar-refractivity contribution in [1.82, 2.24) is 0 Å². The molecule has 19 heavy (non-hydrogen) atoms. The number of aliphatic hydroxyl groups excluding tert-OH is 1. The summed E-state index contributed by atoms with van der Waals surface area (Å²) in [4.78, 5) is 0. The molecule has 2 aromatic rings. The van der Waals surface area contributed by atoms with E-state index >= 15 is 0 Å². The summed E-state index contributed by atoms with van der Waals surface area (Å²) in [6.45, 7) is 4.48. The van der Waals surface area contributed by atoms with Gasteiger partial charge in [-0.15, -0.1) is 0 Å². The van der Waals surface area contributed by atoms with Crippen LogP contribution in [-0.2, 0) is 12.8 Å². The minimum absolute atomic E-state index is 0.170. The van der Waals surface area contributed by atoms with Crippen molar-refractivity contribution in [3.05, 3.63) is 47.5 Å². The molecule has 0 heterocycles. The molecule has 0 unspecified atom stereocenters. The smallest absolute Gasteiger partial charge is 0.0612 e. The summed E-state index contributed by atoms with van der Waals surface area (Å²) in [7, 11) is 0. The Bertz CT molecular complexity index is 585. The van der Waals surface area contributed by atoms with Gasteiger partial charge in [0.2, 0.25) is 0 Å². The highest BCUT2D eigenvalue weighted by Gasteiger charge is 2.27. The van der Waals surface area contributed by atoms with Gasteiger partial charge in [-0.25, -0.2) is 0 Å². The van der Waals surface area contributed by atoms with Gasteiger partial charge in [-0.1, -0.05) is 50.2 Å². The van der Waals surface area contributed by atoms with Crippen LogP contribution in [0.2, 0.25) is 0 Å². The third kappa shape index (κ3) is 2.52. The van der Waals surface area contributed by atoms with E-state index < -0.39 is 0 Å². The molecule has 1 aliphatic rings. The first kappa shape index (κ1) is 12.7. The Morgan fingerprint density at radius 2 is 1.63 bits per heavy atom. The number of rotatable bonds is 2. The first-order chi connectivity index (χ1) is 9.13. The largest absolute Gasteiger partial charge is 0.392 e. The van der Waals surface area contributed by atoms with Gasteiger partial charge in [0.1, 0.15) is 0 Å². The maximum Gasteiger partial charge on any atom is 0.0612 e. The first-order valence-corrected chi connectivity index (χ1v) is 7.32. The Morgan fingerprint density at radius 1 is 1.05 bits per heavy atom. The van der Waals surface area contributed by atoms with E-state index in [-0.39, 0.29) is 6.10 Å². The van der Waals surface area contributed by atoms with Gasteiger partial charge in [0.15, 0.2) is 0 Å². The third-order valence-electron chi connectivity index (χ3n) is 4.30. The summed E-state index contributed by atoms with van der Waals surface area (Å²) >= 11 is 0. The van der Waals surface area contributed by atoms with Crippen molar-refractivity contribution in [3.63, 3.8) is 0 Å². The fourth-order valence-electron chi connectivity index (χ4n) is 3.37. The second-order valence-electron chi connectivity index (χ2n) is 6.33. The van der Waals surface area contributed by atoms with Gasteiger partial charge in [0.25, 0.3) is 0 Å². The average molecular weight is 254 g/mol. The maximum atomic E-state index is 10.3. The topological polar surface area (TPSA) is 20.2 Å². The molecule has 0 amide bonds. The lowest BCUT2D eigenvalue weighted by Gasteiger charge is -2.31. The number of fused-ring (bicyclic) bond motifs is 2. The Balaban J connectivity index is 1.97. The quantitative estimate of drug-likeness (QED) is 0.860. The lowest BCUT2D eigenvalue weighted by Crippen LogP contribution is -2.31. The molecule has 0 aliphatic heterocycles. The van der Waals surface area contributed by atoms with Crippen molar-refractivity contribution in [3.8, 4) is 0 Å². The van der Waals surface area contributed by atoms with Crippen LogP contribution in [0.1, 0.15) is 31.4 Å². The maximum absolute atomic E-state index is 10.3. The van der Waals surface area contributed by atoms with Crippen LogP contribution < -0.4 is 0 Å². The zero-order chi connectivity index (χ0) is 13.4. The molecule has 0 spiro atoms. The zero-order valence-corrected chi connectivity index (χ0v) is 11.8. The summed E-state index contributed by atoms with van der Waals surface area (Å²) < 4.78 is 0. The molecule has 0 fully saturated rings. The summed E-state index contributed by atoms with van der Waals surface area (Å²) in [5.41, 5.74) is 2.78. The van der Waals surface area contributed by atoms with Gasteiger partial charge in [-0.3, -0.25) is 0 Å². The molecule has 1 aliphatic carbocycles. The van der Waals surface area contributed by atoms with Gasteiger partial charge >= 0.3 is 0 Å². The lowest BCUT2D eigenvalue weighted by atomic mass is 9.77. The Morgan fingerprint density at radius 3 is 2.21 bits per heavy atom. The number of hydrogen-bond acceptors (Lipinski definition) is 1. The van der Waals surface area contributed by atoms with E-state index in [4.69, 9.17) is 0 Å². The molecule has 3 rings (SSSR count). The van der Waals surface area contributed by atoms with Crippen molar-refractivity contribution >= 4 is 10.8 Å². The molecule has 100 valence electrons. The van der Waals surface area contributed by atoms with Crippen molar-refractivity contribution in [2.75, 3.05) is 0 Å². The van der Waals surface area contributed by atoms with Crippen molar-refractivity contribution in [1.29, 1.82) is 0 Å². The summed E-state index contributed by atoms with van der Waals surface area (Å²) in [6, 6.07) is 13.1. The Kier molecular flexibility index (Phi) is 3.32. The molecule has 0 radical (unpaired) electrons. The van der Waals surface area contributed by atoms with Crippen LogP contribution in [0.25, 0.3) is 10.8 Å².